The minimum atomic E-state index is -2.41. The molecule has 10 heteroatoms. The number of aliphatic hydroxyl groups is 2. The van der Waals surface area contributed by atoms with Crippen LogP contribution in [0.15, 0.2) is 73.1 Å². The zero-order valence-corrected chi connectivity index (χ0v) is 22.5. The second kappa shape index (κ2) is 14.2. The second-order valence-electron chi connectivity index (χ2n) is 9.46. The van der Waals surface area contributed by atoms with Gasteiger partial charge in [-0.15, -0.1) is 0 Å². The molecule has 3 aromatic rings. The molecule has 4 rings (SSSR count). The Kier molecular flexibility index (Phi) is 10.8. The Bertz CT molecular complexity index is 1230. The zero-order valence-electron chi connectivity index (χ0n) is 22.5. The summed E-state index contributed by atoms with van der Waals surface area (Å²) in [4.78, 5) is 53.8. The molecular formula is C30H32N2O8. The Labute approximate surface area is 232 Å². The van der Waals surface area contributed by atoms with E-state index in [-0.39, 0.29) is 11.1 Å². The van der Waals surface area contributed by atoms with Gasteiger partial charge in [0.25, 0.3) is 0 Å². The van der Waals surface area contributed by atoms with Gasteiger partial charge in [0.2, 0.25) is 0 Å². The third kappa shape index (κ3) is 8.37. The van der Waals surface area contributed by atoms with Crippen LogP contribution in [-0.2, 0) is 19.1 Å². The van der Waals surface area contributed by atoms with Crippen LogP contribution in [0.1, 0.15) is 56.3 Å². The number of aryl methyl sites for hydroxylation is 2. The summed E-state index contributed by atoms with van der Waals surface area (Å²) in [6, 6.07) is 16.9. The predicted molar refractivity (Wildman–Crippen MR) is 144 cm³/mol. The molecule has 0 spiro atoms. The summed E-state index contributed by atoms with van der Waals surface area (Å²) >= 11 is 0. The summed E-state index contributed by atoms with van der Waals surface area (Å²) in [5, 5.41) is 19.5. The number of aliphatic hydroxyl groups excluding tert-OH is 2. The molecule has 2 aromatic carbocycles. The number of hydrogen-bond acceptors (Lipinski definition) is 10. The molecule has 0 saturated carbocycles. The van der Waals surface area contributed by atoms with Crippen LogP contribution >= 0.6 is 0 Å². The van der Waals surface area contributed by atoms with Crippen molar-refractivity contribution in [3.63, 3.8) is 0 Å². The van der Waals surface area contributed by atoms with E-state index in [9.17, 15) is 29.4 Å². The molecule has 0 amide bonds. The Balaban J connectivity index is 0.000000302. The first-order valence-electron chi connectivity index (χ1n) is 12.7. The van der Waals surface area contributed by atoms with Crippen molar-refractivity contribution in [3.8, 4) is 0 Å². The molecule has 1 fully saturated rings. The van der Waals surface area contributed by atoms with Crippen LogP contribution < -0.4 is 0 Å². The standard InChI is InChI=1S/C20H18O8.C10H14N2/c1-11-3-7-13(8-4-11)17(23)27-19(25)15(21)16(22)20(26)28-18(24)14-9-5-12(2)6-10-14;1-12-7-3-5-10(12)9-4-2-6-11-8-9/h3-10,15-16,21-22H,1-2H3;2,4,6,8,10H,3,5,7H2,1H3/t;10-/m.1/s1. The van der Waals surface area contributed by atoms with Gasteiger partial charge in [0, 0.05) is 18.4 Å². The number of hydrogen-bond donors (Lipinski definition) is 2. The fourth-order valence-electron chi connectivity index (χ4n) is 3.96. The molecule has 3 atom stereocenters. The minimum absolute atomic E-state index is 0.0396. The van der Waals surface area contributed by atoms with Crippen molar-refractivity contribution < 1.29 is 38.9 Å². The van der Waals surface area contributed by atoms with Gasteiger partial charge in [-0.05, 0) is 76.2 Å². The molecule has 40 heavy (non-hydrogen) atoms. The summed E-state index contributed by atoms with van der Waals surface area (Å²) in [6.45, 7) is 4.81. The monoisotopic (exact) mass is 548 g/mol. The van der Waals surface area contributed by atoms with Gasteiger partial charge < -0.3 is 19.7 Å². The second-order valence-corrected chi connectivity index (χ2v) is 9.46. The van der Waals surface area contributed by atoms with Gasteiger partial charge in [0.15, 0.2) is 12.2 Å². The fourth-order valence-corrected chi connectivity index (χ4v) is 3.96. The van der Waals surface area contributed by atoms with E-state index in [1.807, 2.05) is 18.5 Å². The lowest BCUT2D eigenvalue weighted by atomic mass is 10.1. The van der Waals surface area contributed by atoms with Gasteiger partial charge in [0.1, 0.15) is 0 Å². The third-order valence-electron chi connectivity index (χ3n) is 6.33. The first kappa shape index (κ1) is 30.3. The maximum atomic E-state index is 11.8. The number of benzene rings is 2. The Morgan fingerprint density at radius 3 is 1.68 bits per heavy atom. The SMILES string of the molecule is CN1CCC[C@@H]1c1cccnc1.Cc1ccc(C(=O)OC(=O)C(O)C(O)C(=O)OC(=O)c2ccc(C)cc2)cc1. The van der Waals surface area contributed by atoms with E-state index in [1.54, 1.807) is 38.1 Å². The molecule has 210 valence electrons. The predicted octanol–water partition coefficient (Wildman–Crippen LogP) is 2.94. The first-order valence-corrected chi connectivity index (χ1v) is 12.7. The molecule has 2 N–H and O–H groups in total. The molecule has 1 aromatic heterocycles. The van der Waals surface area contributed by atoms with E-state index in [1.165, 1.54) is 49.2 Å². The van der Waals surface area contributed by atoms with Gasteiger partial charge in [-0.25, -0.2) is 19.2 Å². The van der Waals surface area contributed by atoms with E-state index in [2.05, 4.69) is 32.5 Å². The molecule has 0 radical (unpaired) electrons. The molecule has 10 nitrogen and oxygen atoms in total. The maximum absolute atomic E-state index is 11.8. The van der Waals surface area contributed by atoms with Crippen molar-refractivity contribution in [1.82, 2.24) is 9.88 Å². The van der Waals surface area contributed by atoms with Crippen molar-refractivity contribution in [3.05, 3.63) is 101 Å². The van der Waals surface area contributed by atoms with Crippen LogP contribution in [0.3, 0.4) is 0 Å². The van der Waals surface area contributed by atoms with Crippen molar-refractivity contribution in [2.24, 2.45) is 0 Å². The third-order valence-corrected chi connectivity index (χ3v) is 6.33. The topological polar surface area (TPSA) is 143 Å². The van der Waals surface area contributed by atoms with Crippen molar-refractivity contribution >= 4 is 23.9 Å². The van der Waals surface area contributed by atoms with Gasteiger partial charge in [-0.2, -0.15) is 0 Å². The van der Waals surface area contributed by atoms with Gasteiger partial charge in [-0.1, -0.05) is 41.5 Å². The molecule has 1 aliphatic heterocycles. The highest BCUT2D eigenvalue weighted by Crippen LogP contribution is 2.29. The molecule has 2 unspecified atom stereocenters. The molecule has 0 bridgehead atoms. The van der Waals surface area contributed by atoms with E-state index in [0.717, 1.165) is 11.1 Å². The number of carbonyl (C=O) groups excluding carboxylic acids is 4. The maximum Gasteiger partial charge on any atom is 0.346 e. The van der Waals surface area contributed by atoms with E-state index >= 15 is 0 Å². The highest BCUT2D eigenvalue weighted by atomic mass is 16.6. The number of carbonyl (C=O) groups is 4. The number of ether oxygens (including phenoxy) is 2. The summed E-state index contributed by atoms with van der Waals surface area (Å²) in [7, 11) is 2.19. The molecular weight excluding hydrogens is 516 g/mol. The van der Waals surface area contributed by atoms with Crippen LogP contribution in [0.5, 0.6) is 0 Å². The molecule has 1 aliphatic rings. The summed E-state index contributed by atoms with van der Waals surface area (Å²) in [5.74, 6) is -5.25. The van der Waals surface area contributed by atoms with Crippen LogP contribution in [0.4, 0.5) is 0 Å². The smallest absolute Gasteiger partial charge is 0.346 e. The number of likely N-dealkylation sites (tertiary alicyclic amines) is 1. The first-order chi connectivity index (χ1) is 19.1. The summed E-state index contributed by atoms with van der Waals surface area (Å²) in [5.41, 5.74) is 3.19. The lowest BCUT2D eigenvalue weighted by Crippen LogP contribution is -2.43. The Hall–Kier alpha value is -4.25. The zero-order chi connectivity index (χ0) is 29.2. The van der Waals surface area contributed by atoms with Crippen LogP contribution in [-0.4, -0.2) is 69.8 Å². The van der Waals surface area contributed by atoms with Crippen molar-refractivity contribution in [1.29, 1.82) is 0 Å². The fraction of sp³-hybridized carbons (Fsp3) is 0.300. The van der Waals surface area contributed by atoms with Gasteiger partial charge >= 0.3 is 23.9 Å². The van der Waals surface area contributed by atoms with Crippen LogP contribution in [0, 0.1) is 13.8 Å². The van der Waals surface area contributed by atoms with Crippen LogP contribution in [0.2, 0.25) is 0 Å². The minimum Gasteiger partial charge on any atom is -0.387 e. The highest BCUT2D eigenvalue weighted by Gasteiger charge is 2.35. The largest absolute Gasteiger partial charge is 0.387 e. The summed E-state index contributed by atoms with van der Waals surface area (Å²) in [6.07, 6.45) is 1.59. The van der Waals surface area contributed by atoms with Crippen molar-refractivity contribution in [2.75, 3.05) is 13.6 Å². The number of esters is 4. The molecule has 2 heterocycles. The number of aromatic nitrogens is 1. The average molecular weight is 549 g/mol. The molecule has 0 aliphatic carbocycles. The number of rotatable bonds is 6. The highest BCUT2D eigenvalue weighted by molar-refractivity contribution is 6.01. The Morgan fingerprint density at radius 1 is 0.825 bits per heavy atom. The van der Waals surface area contributed by atoms with E-state index in [0.29, 0.717) is 6.04 Å². The van der Waals surface area contributed by atoms with Gasteiger partial charge in [0.05, 0.1) is 11.1 Å². The van der Waals surface area contributed by atoms with E-state index < -0.39 is 36.1 Å². The van der Waals surface area contributed by atoms with E-state index in [4.69, 9.17) is 0 Å². The summed E-state index contributed by atoms with van der Waals surface area (Å²) < 4.78 is 8.86. The number of pyridine rings is 1. The Morgan fingerprint density at radius 2 is 1.30 bits per heavy atom. The molecule has 1 saturated heterocycles. The average Bonchev–Trinajstić information content (AvgIpc) is 3.39. The quantitative estimate of drug-likeness (QED) is 0.349. The van der Waals surface area contributed by atoms with Gasteiger partial charge in [-0.3, -0.25) is 9.88 Å². The normalized spacial score (nSPS) is 16.2. The van der Waals surface area contributed by atoms with Crippen molar-refractivity contribution in [2.45, 2.75) is 44.9 Å². The lowest BCUT2D eigenvalue weighted by molar-refractivity contribution is -0.166. The number of nitrogens with zero attached hydrogens (tertiary/aromatic N) is 2. The van der Waals surface area contributed by atoms with Crippen LogP contribution in [0.25, 0.3) is 0 Å². The lowest BCUT2D eigenvalue weighted by Gasteiger charge is -2.18.